The van der Waals surface area contributed by atoms with E-state index in [0.29, 0.717) is 0 Å². The van der Waals surface area contributed by atoms with E-state index in [-0.39, 0.29) is 18.0 Å². The van der Waals surface area contributed by atoms with E-state index < -0.39 is 12.1 Å². The molecule has 0 aliphatic heterocycles. The Balaban J connectivity index is 4.13. The zero-order valence-corrected chi connectivity index (χ0v) is 6.59. The van der Waals surface area contributed by atoms with Crippen molar-refractivity contribution in [1.82, 2.24) is 0 Å². The van der Waals surface area contributed by atoms with Crippen LogP contribution in [0.25, 0.3) is 0 Å². The van der Waals surface area contributed by atoms with Gasteiger partial charge in [-0.15, -0.1) is 0 Å². The highest BCUT2D eigenvalue weighted by atomic mass is 14.8. The lowest BCUT2D eigenvalue weighted by Gasteiger charge is -2.15. The highest BCUT2D eigenvalue weighted by Crippen LogP contribution is 1.89. The fourth-order valence-corrected chi connectivity index (χ4v) is 0.598. The predicted octanol–water partition coefficient (Wildman–Crippen LogP) is -1.34. The first-order valence-corrected chi connectivity index (χ1v) is 3.37. The molecule has 0 radical (unpaired) electrons. The summed E-state index contributed by atoms with van der Waals surface area (Å²) in [6.07, 6.45) is 0. The van der Waals surface area contributed by atoms with Gasteiger partial charge in [0.05, 0.1) is 6.04 Å². The molecule has 0 aliphatic rings. The lowest BCUT2D eigenvalue weighted by molar-refractivity contribution is 0.902. The first-order chi connectivity index (χ1) is 5.00. The van der Waals surface area contributed by atoms with Crippen molar-refractivity contribution in [1.29, 1.82) is 10.8 Å². The van der Waals surface area contributed by atoms with Crippen molar-refractivity contribution >= 4 is 11.4 Å². The minimum atomic E-state index is -0.708. The largest absolute Gasteiger partial charge is 0.325 e. The van der Waals surface area contributed by atoms with Crippen molar-refractivity contribution < 1.29 is 0 Å². The molecule has 0 amide bonds. The van der Waals surface area contributed by atoms with Crippen LogP contribution >= 0.6 is 0 Å². The van der Waals surface area contributed by atoms with Crippen LogP contribution in [-0.2, 0) is 0 Å². The third-order valence-electron chi connectivity index (χ3n) is 1.42. The van der Waals surface area contributed by atoms with Crippen molar-refractivity contribution in [2.75, 3.05) is 6.54 Å². The molecular formula is C6H15N5. The highest BCUT2D eigenvalue weighted by Gasteiger charge is 2.16. The van der Waals surface area contributed by atoms with E-state index in [0.717, 1.165) is 0 Å². The molecule has 0 aromatic rings. The third-order valence-corrected chi connectivity index (χ3v) is 1.42. The second-order valence-electron chi connectivity index (χ2n) is 2.45. The van der Waals surface area contributed by atoms with Gasteiger partial charge >= 0.3 is 0 Å². The monoisotopic (exact) mass is 157 g/mol. The molecule has 0 bridgehead atoms. The van der Waals surface area contributed by atoms with E-state index in [1.165, 1.54) is 0 Å². The van der Waals surface area contributed by atoms with Crippen molar-refractivity contribution in [3.8, 4) is 0 Å². The molecule has 8 N–H and O–H groups in total. The van der Waals surface area contributed by atoms with Gasteiger partial charge in [-0.3, -0.25) is 0 Å². The Labute approximate surface area is 66.0 Å². The summed E-state index contributed by atoms with van der Waals surface area (Å²) in [5, 5.41) is 14.6. The smallest absolute Gasteiger partial charge is 0.0835 e. The number of nitrogens with one attached hydrogen (secondary N) is 2. The lowest BCUT2D eigenvalue weighted by Crippen LogP contribution is -2.47. The van der Waals surface area contributed by atoms with Gasteiger partial charge in [0.2, 0.25) is 0 Å². The zero-order valence-electron chi connectivity index (χ0n) is 6.59. The van der Waals surface area contributed by atoms with Crippen LogP contribution in [0.15, 0.2) is 0 Å². The van der Waals surface area contributed by atoms with Crippen molar-refractivity contribution in [2.24, 2.45) is 17.2 Å². The number of nitrogens with two attached hydrogens (primary N) is 3. The van der Waals surface area contributed by atoms with Gasteiger partial charge in [-0.2, -0.15) is 0 Å². The van der Waals surface area contributed by atoms with Gasteiger partial charge in [-0.1, -0.05) is 0 Å². The maximum Gasteiger partial charge on any atom is 0.0835 e. The van der Waals surface area contributed by atoms with Gasteiger partial charge in [0.1, 0.15) is 0 Å². The minimum absolute atomic E-state index is 0.0796. The fourth-order valence-electron chi connectivity index (χ4n) is 0.598. The molecule has 64 valence electrons. The van der Waals surface area contributed by atoms with E-state index in [1.807, 2.05) is 0 Å². The topological polar surface area (TPSA) is 126 Å². The van der Waals surface area contributed by atoms with Gasteiger partial charge in [0.15, 0.2) is 0 Å². The number of hydrogen-bond donors (Lipinski definition) is 5. The van der Waals surface area contributed by atoms with E-state index in [9.17, 15) is 0 Å². The standard InChI is InChI=1S/C6H15N5/c1-3(8)5(10)6(11)4(9)2-7/h3,6,9-10H,2,7-8,11H2,1H3. The lowest BCUT2D eigenvalue weighted by atomic mass is 10.0. The Morgan fingerprint density at radius 3 is 2.09 bits per heavy atom. The van der Waals surface area contributed by atoms with Gasteiger partial charge in [0, 0.05) is 24.0 Å². The first kappa shape index (κ1) is 10.2. The van der Waals surface area contributed by atoms with Gasteiger partial charge in [-0.25, -0.2) is 0 Å². The van der Waals surface area contributed by atoms with Gasteiger partial charge < -0.3 is 28.0 Å². The Kier molecular flexibility index (Phi) is 3.88. The fraction of sp³-hybridized carbons (Fsp3) is 0.667. The average molecular weight is 157 g/mol. The molecule has 5 nitrogen and oxygen atoms in total. The molecule has 0 spiro atoms. The molecule has 0 rings (SSSR count). The second kappa shape index (κ2) is 4.17. The molecule has 0 saturated carbocycles. The van der Waals surface area contributed by atoms with Crippen LogP contribution in [0.4, 0.5) is 0 Å². The molecule has 11 heavy (non-hydrogen) atoms. The molecule has 2 unspecified atom stereocenters. The summed E-state index contributed by atoms with van der Waals surface area (Å²) in [5.74, 6) is 0. The van der Waals surface area contributed by atoms with E-state index >= 15 is 0 Å². The highest BCUT2D eigenvalue weighted by molar-refractivity contribution is 6.11. The summed E-state index contributed by atoms with van der Waals surface area (Å²) < 4.78 is 0. The molecule has 0 aromatic carbocycles. The molecule has 5 heteroatoms. The summed E-state index contributed by atoms with van der Waals surface area (Å²) >= 11 is 0. The summed E-state index contributed by atoms with van der Waals surface area (Å²) in [5.41, 5.74) is 16.3. The Morgan fingerprint density at radius 1 is 1.36 bits per heavy atom. The van der Waals surface area contributed by atoms with E-state index in [2.05, 4.69) is 0 Å². The van der Waals surface area contributed by atoms with Crippen LogP contribution in [0.5, 0.6) is 0 Å². The summed E-state index contributed by atoms with van der Waals surface area (Å²) in [4.78, 5) is 0. The molecule has 0 aromatic heterocycles. The second-order valence-corrected chi connectivity index (χ2v) is 2.45. The summed E-state index contributed by atoms with van der Waals surface area (Å²) in [6, 6.07) is -1.11. The Morgan fingerprint density at radius 2 is 1.82 bits per heavy atom. The predicted molar refractivity (Wildman–Crippen MR) is 46.1 cm³/mol. The van der Waals surface area contributed by atoms with Crippen LogP contribution in [0.2, 0.25) is 0 Å². The summed E-state index contributed by atoms with van der Waals surface area (Å²) in [7, 11) is 0. The van der Waals surface area contributed by atoms with Crippen molar-refractivity contribution in [2.45, 2.75) is 19.0 Å². The van der Waals surface area contributed by atoms with E-state index in [4.69, 9.17) is 28.0 Å². The molecule has 0 saturated heterocycles. The zero-order chi connectivity index (χ0) is 9.02. The first-order valence-electron chi connectivity index (χ1n) is 3.37. The van der Waals surface area contributed by atoms with Crippen LogP contribution in [0, 0.1) is 10.8 Å². The Bertz CT molecular complexity index is 162. The van der Waals surface area contributed by atoms with Crippen LogP contribution in [-0.4, -0.2) is 30.1 Å². The van der Waals surface area contributed by atoms with Crippen molar-refractivity contribution in [3.05, 3.63) is 0 Å². The molecule has 0 heterocycles. The molecule has 2 atom stereocenters. The summed E-state index contributed by atoms with van der Waals surface area (Å²) in [6.45, 7) is 1.74. The minimum Gasteiger partial charge on any atom is -0.325 e. The van der Waals surface area contributed by atoms with E-state index in [1.54, 1.807) is 6.92 Å². The quantitative estimate of drug-likeness (QED) is 0.324. The normalized spacial score (nSPS) is 15.6. The maximum absolute atomic E-state index is 7.34. The van der Waals surface area contributed by atoms with Gasteiger partial charge in [0.25, 0.3) is 0 Å². The Hall–Kier alpha value is -0.780. The van der Waals surface area contributed by atoms with Crippen molar-refractivity contribution in [3.63, 3.8) is 0 Å². The average Bonchev–Trinajstić information content (AvgIpc) is 2.00. The van der Waals surface area contributed by atoms with Crippen LogP contribution in [0.3, 0.4) is 0 Å². The molecule has 0 aliphatic carbocycles. The van der Waals surface area contributed by atoms with Crippen LogP contribution < -0.4 is 17.2 Å². The maximum atomic E-state index is 7.34. The molecule has 0 fully saturated rings. The van der Waals surface area contributed by atoms with Crippen LogP contribution in [0.1, 0.15) is 6.92 Å². The number of hydrogen-bond acceptors (Lipinski definition) is 5. The molecular weight excluding hydrogens is 142 g/mol. The third kappa shape index (κ3) is 2.75. The SMILES string of the molecule is CC(N)C(=N)C(N)C(=N)CN. The number of rotatable bonds is 4. The van der Waals surface area contributed by atoms with Gasteiger partial charge in [-0.05, 0) is 6.92 Å².